The molecule has 0 unspecified atom stereocenters. The molecule has 0 saturated heterocycles. The highest BCUT2D eigenvalue weighted by Gasteiger charge is 2.04. The number of thioether (sulfide) groups is 1. The Morgan fingerprint density at radius 2 is 2.27 bits per heavy atom. The number of benzene rings is 1. The first kappa shape index (κ1) is 12.1. The number of nitriles is 1. The minimum Gasteiger partial charge on any atom is -0.385 e. The summed E-state index contributed by atoms with van der Waals surface area (Å²) in [6.45, 7) is 2.82. The van der Waals surface area contributed by atoms with E-state index < -0.39 is 0 Å². The van der Waals surface area contributed by atoms with Crippen LogP contribution in [-0.4, -0.2) is 19.5 Å². The number of rotatable bonds is 5. The van der Waals surface area contributed by atoms with E-state index >= 15 is 0 Å². The number of aryl methyl sites for hydroxylation is 1. The maximum atomic E-state index is 8.96. The second-order valence-corrected chi connectivity index (χ2v) is 4.36. The van der Waals surface area contributed by atoms with Gasteiger partial charge in [-0.3, -0.25) is 0 Å². The van der Waals surface area contributed by atoms with Gasteiger partial charge < -0.3 is 4.74 Å². The van der Waals surface area contributed by atoms with Crippen LogP contribution in [0, 0.1) is 18.3 Å². The van der Waals surface area contributed by atoms with E-state index in [0.717, 1.165) is 29.2 Å². The molecule has 0 heterocycles. The van der Waals surface area contributed by atoms with E-state index in [4.69, 9.17) is 10.00 Å². The smallest absolute Gasteiger partial charge is 0.100 e. The SMILES string of the molecule is COCCCSc1c(C)cccc1C#N. The Kier molecular flexibility index (Phi) is 5.23. The van der Waals surface area contributed by atoms with E-state index in [0.29, 0.717) is 0 Å². The van der Waals surface area contributed by atoms with Crippen LogP contribution in [0.25, 0.3) is 0 Å². The van der Waals surface area contributed by atoms with Crippen LogP contribution in [0.4, 0.5) is 0 Å². The third-order valence-electron chi connectivity index (χ3n) is 2.07. The number of nitrogens with zero attached hydrogens (tertiary/aromatic N) is 1. The molecule has 0 N–H and O–H groups in total. The van der Waals surface area contributed by atoms with Gasteiger partial charge in [-0.1, -0.05) is 12.1 Å². The minimum atomic E-state index is 0.775. The largest absolute Gasteiger partial charge is 0.385 e. The second-order valence-electron chi connectivity index (χ2n) is 3.26. The highest BCUT2D eigenvalue weighted by atomic mass is 32.2. The van der Waals surface area contributed by atoms with Gasteiger partial charge in [0.25, 0.3) is 0 Å². The summed E-state index contributed by atoms with van der Waals surface area (Å²) >= 11 is 1.74. The Morgan fingerprint density at radius 3 is 2.93 bits per heavy atom. The van der Waals surface area contributed by atoms with Crippen LogP contribution in [0.15, 0.2) is 23.1 Å². The molecule has 0 aliphatic carbocycles. The Hall–Kier alpha value is -0.980. The Labute approximate surface area is 95.3 Å². The van der Waals surface area contributed by atoms with Gasteiger partial charge in [0.2, 0.25) is 0 Å². The molecule has 2 nitrogen and oxygen atoms in total. The Bertz CT molecular complexity index is 357. The fraction of sp³-hybridized carbons (Fsp3) is 0.417. The average molecular weight is 221 g/mol. The molecule has 3 heteroatoms. The van der Waals surface area contributed by atoms with Crippen LogP contribution >= 0.6 is 11.8 Å². The normalized spacial score (nSPS) is 9.93. The molecule has 0 atom stereocenters. The van der Waals surface area contributed by atoms with Crippen molar-refractivity contribution in [1.29, 1.82) is 5.26 Å². The molecule has 1 aromatic carbocycles. The molecule has 80 valence electrons. The van der Waals surface area contributed by atoms with Gasteiger partial charge in [-0.05, 0) is 25.0 Å². The molecule has 0 bridgehead atoms. The van der Waals surface area contributed by atoms with E-state index in [1.807, 2.05) is 25.1 Å². The van der Waals surface area contributed by atoms with Crippen molar-refractivity contribution in [3.8, 4) is 6.07 Å². The maximum Gasteiger partial charge on any atom is 0.100 e. The van der Waals surface area contributed by atoms with Crippen LogP contribution in [0.2, 0.25) is 0 Å². The first-order chi connectivity index (χ1) is 7.29. The first-order valence-corrected chi connectivity index (χ1v) is 5.89. The molecule has 0 amide bonds. The standard InChI is InChI=1S/C12H15NOS/c1-10-5-3-6-11(9-13)12(10)15-8-4-7-14-2/h3,5-6H,4,7-8H2,1-2H3. The summed E-state index contributed by atoms with van der Waals surface area (Å²) in [5.41, 5.74) is 1.95. The van der Waals surface area contributed by atoms with Crippen LogP contribution in [0.5, 0.6) is 0 Å². The fourth-order valence-corrected chi connectivity index (χ4v) is 2.34. The van der Waals surface area contributed by atoms with E-state index in [-0.39, 0.29) is 0 Å². The molecule has 0 spiro atoms. The summed E-state index contributed by atoms with van der Waals surface area (Å²) < 4.78 is 4.99. The van der Waals surface area contributed by atoms with Crippen molar-refractivity contribution in [3.63, 3.8) is 0 Å². The molecule has 1 rings (SSSR count). The summed E-state index contributed by atoms with van der Waals surface area (Å²) in [5, 5.41) is 8.96. The Balaban J connectivity index is 2.63. The number of hydrogen-bond donors (Lipinski definition) is 0. The van der Waals surface area contributed by atoms with Crippen LogP contribution < -0.4 is 0 Å². The number of methoxy groups -OCH3 is 1. The van der Waals surface area contributed by atoms with Crippen molar-refractivity contribution >= 4 is 11.8 Å². The van der Waals surface area contributed by atoms with Crippen molar-refractivity contribution in [2.75, 3.05) is 19.5 Å². The quantitative estimate of drug-likeness (QED) is 0.566. The zero-order valence-corrected chi connectivity index (χ0v) is 9.93. The number of ether oxygens (including phenoxy) is 1. The number of hydrogen-bond acceptors (Lipinski definition) is 3. The highest BCUT2D eigenvalue weighted by Crippen LogP contribution is 2.26. The highest BCUT2D eigenvalue weighted by molar-refractivity contribution is 7.99. The Morgan fingerprint density at radius 1 is 1.47 bits per heavy atom. The van der Waals surface area contributed by atoms with Gasteiger partial charge in [0, 0.05) is 24.4 Å². The molecule has 15 heavy (non-hydrogen) atoms. The van der Waals surface area contributed by atoms with Crippen molar-refractivity contribution in [1.82, 2.24) is 0 Å². The van der Waals surface area contributed by atoms with Crippen LogP contribution in [0.3, 0.4) is 0 Å². The topological polar surface area (TPSA) is 33.0 Å². The molecule has 0 aromatic heterocycles. The van der Waals surface area contributed by atoms with E-state index in [9.17, 15) is 0 Å². The van der Waals surface area contributed by atoms with Crippen molar-refractivity contribution in [2.24, 2.45) is 0 Å². The molecular formula is C12H15NOS. The molecule has 0 aliphatic heterocycles. The van der Waals surface area contributed by atoms with Crippen LogP contribution in [0.1, 0.15) is 17.5 Å². The maximum absolute atomic E-state index is 8.96. The molecule has 0 saturated carbocycles. The van der Waals surface area contributed by atoms with E-state index in [1.165, 1.54) is 5.56 Å². The third kappa shape index (κ3) is 3.58. The van der Waals surface area contributed by atoms with Gasteiger partial charge in [-0.25, -0.2) is 0 Å². The van der Waals surface area contributed by atoms with Crippen molar-refractivity contribution in [2.45, 2.75) is 18.2 Å². The molecular weight excluding hydrogens is 206 g/mol. The van der Waals surface area contributed by atoms with Gasteiger partial charge in [-0.2, -0.15) is 5.26 Å². The van der Waals surface area contributed by atoms with Gasteiger partial charge in [0.15, 0.2) is 0 Å². The average Bonchev–Trinajstić information content (AvgIpc) is 2.26. The monoisotopic (exact) mass is 221 g/mol. The minimum absolute atomic E-state index is 0.775. The molecule has 1 aromatic rings. The van der Waals surface area contributed by atoms with Crippen LogP contribution in [-0.2, 0) is 4.74 Å². The summed E-state index contributed by atoms with van der Waals surface area (Å²) in [4.78, 5) is 1.11. The zero-order chi connectivity index (χ0) is 11.1. The summed E-state index contributed by atoms with van der Waals surface area (Å²) in [6.07, 6.45) is 1.01. The summed E-state index contributed by atoms with van der Waals surface area (Å²) in [5.74, 6) is 0.993. The molecule has 0 aliphatic rings. The van der Waals surface area contributed by atoms with Gasteiger partial charge in [-0.15, -0.1) is 11.8 Å². The summed E-state index contributed by atoms with van der Waals surface area (Å²) in [6, 6.07) is 8.06. The van der Waals surface area contributed by atoms with Crippen molar-refractivity contribution in [3.05, 3.63) is 29.3 Å². The lowest BCUT2D eigenvalue weighted by atomic mass is 10.1. The summed E-state index contributed by atoms with van der Waals surface area (Å²) in [7, 11) is 1.71. The molecule has 0 fully saturated rings. The predicted molar refractivity (Wildman–Crippen MR) is 63.1 cm³/mol. The van der Waals surface area contributed by atoms with Gasteiger partial charge in [0.05, 0.1) is 5.56 Å². The second kappa shape index (κ2) is 6.49. The zero-order valence-electron chi connectivity index (χ0n) is 9.12. The predicted octanol–water partition coefficient (Wildman–Crippen LogP) is 3.00. The first-order valence-electron chi connectivity index (χ1n) is 4.91. The molecule has 0 radical (unpaired) electrons. The lowest BCUT2D eigenvalue weighted by Crippen LogP contribution is -1.92. The van der Waals surface area contributed by atoms with Gasteiger partial charge >= 0.3 is 0 Å². The van der Waals surface area contributed by atoms with E-state index in [1.54, 1.807) is 18.9 Å². The fourth-order valence-electron chi connectivity index (χ4n) is 1.31. The van der Waals surface area contributed by atoms with Gasteiger partial charge in [0.1, 0.15) is 6.07 Å². The lowest BCUT2D eigenvalue weighted by molar-refractivity contribution is 0.200. The van der Waals surface area contributed by atoms with Crippen molar-refractivity contribution < 1.29 is 4.74 Å². The van der Waals surface area contributed by atoms with E-state index in [2.05, 4.69) is 6.07 Å². The third-order valence-corrected chi connectivity index (χ3v) is 3.39. The lowest BCUT2D eigenvalue weighted by Gasteiger charge is -2.06.